The van der Waals surface area contributed by atoms with Gasteiger partial charge in [0.2, 0.25) is 5.91 Å². The third-order valence-electron chi connectivity index (χ3n) is 4.84. The van der Waals surface area contributed by atoms with E-state index in [1.54, 1.807) is 24.5 Å². The summed E-state index contributed by atoms with van der Waals surface area (Å²) < 4.78 is 15.3. The molecule has 8 nitrogen and oxygen atoms in total. The van der Waals surface area contributed by atoms with Crippen molar-refractivity contribution < 1.29 is 9.18 Å². The number of amides is 1. The summed E-state index contributed by atoms with van der Waals surface area (Å²) >= 11 is 0. The van der Waals surface area contributed by atoms with Crippen LogP contribution in [0, 0.1) is 12.7 Å². The van der Waals surface area contributed by atoms with E-state index in [1.165, 1.54) is 17.0 Å². The Bertz CT molecular complexity index is 1160. The van der Waals surface area contributed by atoms with Gasteiger partial charge in [0, 0.05) is 23.7 Å². The number of nitrogens with two attached hydrogens (primary N) is 2. The molecule has 0 radical (unpaired) electrons. The summed E-state index contributed by atoms with van der Waals surface area (Å²) in [5.74, 6) is 0.652. The van der Waals surface area contributed by atoms with E-state index >= 15 is 0 Å². The molecule has 5 N–H and O–H groups in total. The van der Waals surface area contributed by atoms with E-state index in [1.807, 2.05) is 35.8 Å². The molecule has 9 heteroatoms. The standard InChI is InChI=1S/C22H22FN7O/c1-14-2-8-17(9-3-14)27-21-20(15-4-6-16(23)7-5-15)28-18-13-29(10-11-30(18)21)19(31)12-26-22(24)25/h2-11,27H,12-13H2,1H3,(H4,24,25,26). The van der Waals surface area contributed by atoms with Gasteiger partial charge in [0.05, 0.1) is 6.54 Å². The smallest absolute Gasteiger partial charge is 0.248 e. The minimum atomic E-state index is -0.322. The molecule has 4 rings (SSSR count). The third kappa shape index (κ3) is 4.40. The van der Waals surface area contributed by atoms with Crippen molar-refractivity contribution in [3.8, 4) is 11.3 Å². The quantitative estimate of drug-likeness (QED) is 0.435. The maximum atomic E-state index is 13.5. The van der Waals surface area contributed by atoms with Crippen LogP contribution in [0.3, 0.4) is 0 Å². The van der Waals surface area contributed by atoms with Gasteiger partial charge in [-0.2, -0.15) is 0 Å². The molecule has 2 aromatic carbocycles. The van der Waals surface area contributed by atoms with Crippen LogP contribution in [-0.4, -0.2) is 32.9 Å². The lowest BCUT2D eigenvalue weighted by Crippen LogP contribution is -2.32. The number of aromatic nitrogens is 2. The van der Waals surface area contributed by atoms with Gasteiger partial charge in [-0.25, -0.2) is 14.4 Å². The SMILES string of the molecule is Cc1ccc(Nc2c(-c3ccc(F)cc3)nc3n2C=CN(C(=O)CN=C(N)N)C3)cc1. The second-order valence-electron chi connectivity index (χ2n) is 7.15. The van der Waals surface area contributed by atoms with Crippen molar-refractivity contribution in [2.75, 3.05) is 11.9 Å². The van der Waals surface area contributed by atoms with Crippen molar-refractivity contribution in [1.29, 1.82) is 0 Å². The molecule has 0 aliphatic carbocycles. The highest BCUT2D eigenvalue weighted by Crippen LogP contribution is 2.33. The number of nitrogens with one attached hydrogen (secondary N) is 1. The molecule has 158 valence electrons. The number of guanidine groups is 1. The van der Waals surface area contributed by atoms with Gasteiger partial charge < -0.3 is 21.7 Å². The Morgan fingerprint density at radius 3 is 2.52 bits per heavy atom. The molecule has 0 spiro atoms. The average molecular weight is 419 g/mol. The molecule has 1 aromatic heterocycles. The monoisotopic (exact) mass is 419 g/mol. The largest absolute Gasteiger partial charge is 0.370 e. The van der Waals surface area contributed by atoms with Gasteiger partial charge in [-0.15, -0.1) is 0 Å². The highest BCUT2D eigenvalue weighted by molar-refractivity contribution is 5.85. The Kier molecular flexibility index (Phi) is 5.40. The maximum Gasteiger partial charge on any atom is 0.248 e. The van der Waals surface area contributed by atoms with Crippen molar-refractivity contribution in [2.45, 2.75) is 13.5 Å². The van der Waals surface area contributed by atoms with Gasteiger partial charge >= 0.3 is 0 Å². The van der Waals surface area contributed by atoms with Gasteiger partial charge in [-0.1, -0.05) is 17.7 Å². The molecule has 0 saturated carbocycles. The molecule has 0 bridgehead atoms. The number of anilines is 2. The first-order chi connectivity index (χ1) is 14.9. The van der Waals surface area contributed by atoms with Crippen LogP contribution in [0.4, 0.5) is 15.9 Å². The van der Waals surface area contributed by atoms with Crippen molar-refractivity contribution >= 4 is 29.6 Å². The van der Waals surface area contributed by atoms with Gasteiger partial charge in [0.15, 0.2) is 5.96 Å². The minimum Gasteiger partial charge on any atom is -0.370 e. The summed E-state index contributed by atoms with van der Waals surface area (Å²) in [6.07, 6.45) is 3.41. The molecule has 1 aliphatic heterocycles. The number of carbonyl (C=O) groups is 1. The Balaban J connectivity index is 1.71. The topological polar surface area (TPSA) is 115 Å². The van der Waals surface area contributed by atoms with E-state index < -0.39 is 0 Å². The molecular formula is C22H22FN7O. The number of imidazole rings is 1. The first kappa shape index (κ1) is 20.1. The number of rotatable bonds is 5. The predicted molar refractivity (Wildman–Crippen MR) is 119 cm³/mol. The fraction of sp³-hybridized carbons (Fsp3) is 0.136. The normalized spacial score (nSPS) is 12.4. The zero-order valence-electron chi connectivity index (χ0n) is 16.9. The number of aliphatic imine (C=N–C) groups is 1. The van der Waals surface area contributed by atoms with Gasteiger partial charge in [-0.05, 0) is 43.3 Å². The van der Waals surface area contributed by atoms with Crippen molar-refractivity contribution in [3.63, 3.8) is 0 Å². The lowest BCUT2D eigenvalue weighted by molar-refractivity contribution is -0.127. The molecule has 31 heavy (non-hydrogen) atoms. The maximum absolute atomic E-state index is 13.5. The van der Waals surface area contributed by atoms with Crippen LogP contribution in [0.15, 0.2) is 59.7 Å². The molecule has 0 atom stereocenters. The number of benzene rings is 2. The Labute approximate surface area is 178 Å². The van der Waals surface area contributed by atoms with Gasteiger partial charge in [0.25, 0.3) is 0 Å². The summed E-state index contributed by atoms with van der Waals surface area (Å²) in [5, 5.41) is 3.40. The summed E-state index contributed by atoms with van der Waals surface area (Å²) in [4.78, 5) is 22.4. The van der Waals surface area contributed by atoms with Crippen molar-refractivity contribution in [2.24, 2.45) is 16.5 Å². The number of hydrogen-bond donors (Lipinski definition) is 3. The Morgan fingerprint density at radius 1 is 1.13 bits per heavy atom. The number of hydrogen-bond acceptors (Lipinski definition) is 4. The number of fused-ring (bicyclic) bond motifs is 1. The molecule has 0 unspecified atom stereocenters. The summed E-state index contributed by atoms with van der Waals surface area (Å²) in [7, 11) is 0. The minimum absolute atomic E-state index is 0.140. The number of nitrogens with zero attached hydrogens (tertiary/aromatic N) is 4. The van der Waals surface area contributed by atoms with E-state index in [-0.39, 0.29) is 30.8 Å². The fourth-order valence-electron chi connectivity index (χ4n) is 3.23. The van der Waals surface area contributed by atoms with Crippen LogP contribution < -0.4 is 16.8 Å². The zero-order chi connectivity index (χ0) is 22.0. The van der Waals surface area contributed by atoms with Crippen molar-refractivity contribution in [1.82, 2.24) is 14.5 Å². The Hall–Kier alpha value is -4.14. The second kappa shape index (κ2) is 8.31. The molecule has 1 aliphatic rings. The van der Waals surface area contributed by atoms with Crippen LogP contribution in [0.1, 0.15) is 11.4 Å². The summed E-state index contributed by atoms with van der Waals surface area (Å²) in [6.45, 7) is 2.12. The third-order valence-corrected chi connectivity index (χ3v) is 4.84. The molecule has 0 fully saturated rings. The molecule has 0 saturated heterocycles. The van der Waals surface area contributed by atoms with Crippen LogP contribution in [0.25, 0.3) is 17.5 Å². The van der Waals surface area contributed by atoms with E-state index in [2.05, 4.69) is 10.3 Å². The number of halogens is 1. The fourth-order valence-corrected chi connectivity index (χ4v) is 3.23. The molecular weight excluding hydrogens is 397 g/mol. The van der Waals surface area contributed by atoms with Crippen LogP contribution in [0.5, 0.6) is 0 Å². The van der Waals surface area contributed by atoms with E-state index in [0.29, 0.717) is 11.5 Å². The van der Waals surface area contributed by atoms with E-state index in [9.17, 15) is 9.18 Å². The average Bonchev–Trinajstić information content (AvgIpc) is 3.11. The number of carbonyl (C=O) groups excluding carboxylic acids is 1. The van der Waals surface area contributed by atoms with Crippen LogP contribution in [-0.2, 0) is 11.3 Å². The first-order valence-electron chi connectivity index (χ1n) is 9.64. The highest BCUT2D eigenvalue weighted by atomic mass is 19.1. The summed E-state index contributed by atoms with van der Waals surface area (Å²) in [5.41, 5.74) is 14.1. The van der Waals surface area contributed by atoms with Gasteiger partial charge in [-0.3, -0.25) is 9.36 Å². The zero-order valence-corrected chi connectivity index (χ0v) is 16.9. The molecule has 3 aromatic rings. The van der Waals surface area contributed by atoms with Crippen LogP contribution >= 0.6 is 0 Å². The number of aryl methyl sites for hydroxylation is 1. The molecule has 2 heterocycles. The highest BCUT2D eigenvalue weighted by Gasteiger charge is 2.24. The van der Waals surface area contributed by atoms with Gasteiger partial charge in [0.1, 0.15) is 29.7 Å². The lowest BCUT2D eigenvalue weighted by Gasteiger charge is -2.22. The van der Waals surface area contributed by atoms with Crippen molar-refractivity contribution in [3.05, 3.63) is 71.9 Å². The van der Waals surface area contributed by atoms with E-state index in [0.717, 1.165) is 22.6 Å². The van der Waals surface area contributed by atoms with Crippen LogP contribution in [0.2, 0.25) is 0 Å². The Morgan fingerprint density at radius 2 is 1.84 bits per heavy atom. The first-order valence-corrected chi connectivity index (χ1v) is 9.64. The molecule has 1 amide bonds. The predicted octanol–water partition coefficient (Wildman–Crippen LogP) is 2.79. The summed E-state index contributed by atoms with van der Waals surface area (Å²) in [6, 6.07) is 14.1. The van der Waals surface area contributed by atoms with E-state index in [4.69, 9.17) is 16.5 Å². The lowest BCUT2D eigenvalue weighted by atomic mass is 10.1. The second-order valence-corrected chi connectivity index (χ2v) is 7.15.